The van der Waals surface area contributed by atoms with Gasteiger partial charge in [0.15, 0.2) is 0 Å². The average Bonchev–Trinajstić information content (AvgIpc) is 2.40. The van der Waals surface area contributed by atoms with E-state index >= 15 is 0 Å². The highest BCUT2D eigenvalue weighted by molar-refractivity contribution is 5.30. The number of pyridine rings is 1. The van der Waals surface area contributed by atoms with Gasteiger partial charge in [0.1, 0.15) is 5.69 Å². The van der Waals surface area contributed by atoms with Crippen molar-refractivity contribution in [2.75, 3.05) is 7.05 Å². The largest absolute Gasteiger partial charge is 0.433 e. The van der Waals surface area contributed by atoms with E-state index in [2.05, 4.69) is 9.88 Å². The zero-order chi connectivity index (χ0) is 15.3. The van der Waals surface area contributed by atoms with Crippen LogP contribution in [0.15, 0.2) is 18.3 Å². The summed E-state index contributed by atoms with van der Waals surface area (Å²) in [4.78, 5) is 5.69. The molecule has 1 aromatic rings. The summed E-state index contributed by atoms with van der Waals surface area (Å²) in [6, 6.07) is 3.13. The molecule has 116 valence electrons. The number of alkyl halides is 3. The molecule has 2 aliphatic heterocycles. The molecule has 0 radical (unpaired) electrons. The van der Waals surface area contributed by atoms with E-state index in [-0.39, 0.29) is 17.6 Å². The fraction of sp³-hybridized carbons (Fsp3) is 0.667. The lowest BCUT2D eigenvalue weighted by Gasteiger charge is -2.51. The molecule has 21 heavy (non-hydrogen) atoms. The summed E-state index contributed by atoms with van der Waals surface area (Å²) in [7, 11) is 2.00. The lowest BCUT2D eigenvalue weighted by atomic mass is 9.72. The molecule has 0 aliphatic carbocycles. The van der Waals surface area contributed by atoms with Gasteiger partial charge in [0.2, 0.25) is 0 Å². The van der Waals surface area contributed by atoms with Crippen molar-refractivity contribution >= 4 is 0 Å². The van der Waals surface area contributed by atoms with Crippen molar-refractivity contribution < 1.29 is 18.3 Å². The maximum absolute atomic E-state index is 13.2. The molecule has 2 unspecified atom stereocenters. The summed E-state index contributed by atoms with van der Waals surface area (Å²) in [5.74, 6) is 0. The van der Waals surface area contributed by atoms with E-state index in [9.17, 15) is 18.3 Å². The van der Waals surface area contributed by atoms with Crippen LogP contribution < -0.4 is 0 Å². The number of halogens is 3. The highest BCUT2D eigenvalue weighted by atomic mass is 19.4. The zero-order valence-corrected chi connectivity index (χ0v) is 11.9. The quantitative estimate of drug-likeness (QED) is 0.866. The van der Waals surface area contributed by atoms with Crippen LogP contribution >= 0.6 is 0 Å². The predicted octanol–water partition coefficient (Wildman–Crippen LogP) is 2.93. The van der Waals surface area contributed by atoms with Gasteiger partial charge in [-0.1, -0.05) is 12.5 Å². The predicted molar refractivity (Wildman–Crippen MR) is 71.6 cm³/mol. The zero-order valence-electron chi connectivity index (χ0n) is 11.9. The van der Waals surface area contributed by atoms with E-state index in [4.69, 9.17) is 0 Å². The maximum Gasteiger partial charge on any atom is 0.433 e. The van der Waals surface area contributed by atoms with Crippen molar-refractivity contribution in [1.82, 2.24) is 9.88 Å². The maximum atomic E-state index is 13.2. The van der Waals surface area contributed by atoms with Crippen LogP contribution in [0.4, 0.5) is 13.2 Å². The van der Waals surface area contributed by atoms with Crippen molar-refractivity contribution in [3.63, 3.8) is 0 Å². The molecule has 2 aliphatic rings. The van der Waals surface area contributed by atoms with Gasteiger partial charge in [-0.15, -0.1) is 0 Å². The monoisotopic (exact) mass is 300 g/mol. The molecule has 0 saturated carbocycles. The van der Waals surface area contributed by atoms with Crippen LogP contribution in [0, 0.1) is 0 Å². The van der Waals surface area contributed by atoms with Gasteiger partial charge >= 0.3 is 6.18 Å². The van der Waals surface area contributed by atoms with E-state index in [1.54, 1.807) is 0 Å². The van der Waals surface area contributed by atoms with Gasteiger partial charge in [-0.25, -0.2) is 0 Å². The normalized spacial score (nSPS) is 34.0. The SMILES string of the molecule is CN1C2CCCC1CC(O)(c1cccnc1C(F)(F)F)C2. The number of nitrogens with zero attached hydrogens (tertiary/aromatic N) is 2. The molecule has 1 aromatic heterocycles. The summed E-state index contributed by atoms with van der Waals surface area (Å²) in [5.41, 5.74) is -2.45. The van der Waals surface area contributed by atoms with Crippen LogP contribution in [-0.2, 0) is 11.8 Å². The van der Waals surface area contributed by atoms with Gasteiger partial charge < -0.3 is 10.0 Å². The molecule has 3 rings (SSSR count). The van der Waals surface area contributed by atoms with Crippen molar-refractivity contribution in [2.45, 2.75) is 56.0 Å². The molecule has 2 atom stereocenters. The van der Waals surface area contributed by atoms with Gasteiger partial charge in [-0.05, 0) is 38.8 Å². The number of aromatic nitrogens is 1. The number of rotatable bonds is 1. The molecule has 3 heterocycles. The Morgan fingerprint density at radius 2 is 1.90 bits per heavy atom. The Morgan fingerprint density at radius 3 is 2.48 bits per heavy atom. The first-order valence-electron chi connectivity index (χ1n) is 7.28. The minimum atomic E-state index is -4.54. The van der Waals surface area contributed by atoms with Crippen molar-refractivity contribution in [2.24, 2.45) is 0 Å². The van der Waals surface area contributed by atoms with Crippen LogP contribution in [0.3, 0.4) is 0 Å². The van der Waals surface area contributed by atoms with E-state index in [0.717, 1.165) is 25.5 Å². The number of piperidine rings is 2. The van der Waals surface area contributed by atoms with Crippen LogP contribution in [0.25, 0.3) is 0 Å². The third-order valence-corrected chi connectivity index (χ3v) is 4.95. The Balaban J connectivity index is 2.00. The van der Waals surface area contributed by atoms with Crippen molar-refractivity contribution in [3.05, 3.63) is 29.6 Å². The number of hydrogen-bond acceptors (Lipinski definition) is 3. The Bertz CT molecular complexity index is 518. The van der Waals surface area contributed by atoms with Gasteiger partial charge in [0.25, 0.3) is 0 Å². The second-order valence-corrected chi connectivity index (χ2v) is 6.24. The van der Waals surface area contributed by atoms with E-state index in [1.807, 2.05) is 7.05 Å². The average molecular weight is 300 g/mol. The first kappa shape index (κ1) is 14.8. The highest BCUT2D eigenvalue weighted by Crippen LogP contribution is 2.46. The second kappa shape index (κ2) is 4.95. The van der Waals surface area contributed by atoms with Gasteiger partial charge in [-0.2, -0.15) is 13.2 Å². The summed E-state index contributed by atoms with van der Waals surface area (Å²) in [5, 5.41) is 10.9. The first-order chi connectivity index (χ1) is 9.81. The molecule has 2 bridgehead atoms. The number of fused-ring (bicyclic) bond motifs is 2. The van der Waals surface area contributed by atoms with E-state index in [1.165, 1.54) is 12.1 Å². The number of hydrogen-bond donors (Lipinski definition) is 1. The fourth-order valence-electron chi connectivity index (χ4n) is 3.88. The third-order valence-electron chi connectivity index (χ3n) is 4.95. The molecule has 0 spiro atoms. The molecular formula is C15H19F3N2O. The van der Waals surface area contributed by atoms with Gasteiger partial charge in [0.05, 0.1) is 5.60 Å². The minimum Gasteiger partial charge on any atom is -0.385 e. The van der Waals surface area contributed by atoms with Crippen LogP contribution in [0.1, 0.15) is 43.4 Å². The molecule has 3 nitrogen and oxygen atoms in total. The van der Waals surface area contributed by atoms with Crippen molar-refractivity contribution in [3.8, 4) is 0 Å². The van der Waals surface area contributed by atoms with Crippen LogP contribution in [-0.4, -0.2) is 34.1 Å². The first-order valence-corrected chi connectivity index (χ1v) is 7.28. The van der Waals surface area contributed by atoms with Gasteiger partial charge in [-0.3, -0.25) is 4.98 Å². The standard InChI is InChI=1S/C15H19F3N2O/c1-20-10-4-2-5-11(20)9-14(21,8-10)12-6-3-7-19-13(12)15(16,17)18/h3,6-7,10-11,21H,2,4-5,8-9H2,1H3. The Labute approximate surface area is 121 Å². The van der Waals surface area contributed by atoms with E-state index in [0.29, 0.717) is 12.8 Å². The fourth-order valence-corrected chi connectivity index (χ4v) is 3.88. The summed E-state index contributed by atoms with van der Waals surface area (Å²) in [6.07, 6.45) is 0.211. The Kier molecular flexibility index (Phi) is 3.48. The number of aliphatic hydroxyl groups is 1. The molecule has 0 amide bonds. The lowest BCUT2D eigenvalue weighted by Crippen LogP contribution is -2.55. The third kappa shape index (κ3) is 2.55. The molecule has 1 N–H and O–H groups in total. The summed E-state index contributed by atoms with van der Waals surface area (Å²) < 4.78 is 39.5. The molecule has 2 saturated heterocycles. The highest BCUT2D eigenvalue weighted by Gasteiger charge is 2.49. The van der Waals surface area contributed by atoms with E-state index < -0.39 is 17.5 Å². The van der Waals surface area contributed by atoms with Gasteiger partial charge in [0, 0.05) is 23.8 Å². The molecular weight excluding hydrogens is 281 g/mol. The summed E-state index contributed by atoms with van der Waals surface area (Å²) >= 11 is 0. The molecule has 2 fully saturated rings. The molecule has 6 heteroatoms. The topological polar surface area (TPSA) is 36.4 Å². The van der Waals surface area contributed by atoms with Crippen LogP contribution in [0.5, 0.6) is 0 Å². The summed E-state index contributed by atoms with van der Waals surface area (Å²) in [6.45, 7) is 0. The Morgan fingerprint density at radius 1 is 1.29 bits per heavy atom. The minimum absolute atomic E-state index is 0.0671. The lowest BCUT2D eigenvalue weighted by molar-refractivity contribution is -0.148. The van der Waals surface area contributed by atoms with Crippen molar-refractivity contribution in [1.29, 1.82) is 0 Å². The second-order valence-electron chi connectivity index (χ2n) is 6.24. The smallest absolute Gasteiger partial charge is 0.385 e. The van der Waals surface area contributed by atoms with Crippen LogP contribution in [0.2, 0.25) is 0 Å². The molecule has 0 aromatic carbocycles. The Hall–Kier alpha value is -1.14.